The molecule has 2 N–H and O–H groups in total. The van der Waals surface area contributed by atoms with Crippen LogP contribution in [0.3, 0.4) is 0 Å². The number of benzene rings is 1. The van der Waals surface area contributed by atoms with Crippen LogP contribution in [-0.2, 0) is 14.8 Å². The van der Waals surface area contributed by atoms with Gasteiger partial charge in [-0.25, -0.2) is 13.6 Å². The van der Waals surface area contributed by atoms with Gasteiger partial charge in [0, 0.05) is 0 Å². The van der Waals surface area contributed by atoms with Gasteiger partial charge >= 0.3 is 0 Å². The highest BCUT2D eigenvalue weighted by Crippen LogP contribution is 2.24. The van der Waals surface area contributed by atoms with Crippen LogP contribution in [0.25, 0.3) is 0 Å². The summed E-state index contributed by atoms with van der Waals surface area (Å²) >= 11 is 0. The second kappa shape index (κ2) is 7.24. The third-order valence-electron chi connectivity index (χ3n) is 2.58. The molecule has 0 aliphatic carbocycles. The lowest BCUT2D eigenvalue weighted by Gasteiger charge is -2.12. The molecule has 0 atom stereocenters. The Morgan fingerprint density at radius 1 is 1.20 bits per heavy atom. The van der Waals surface area contributed by atoms with E-state index < -0.39 is 10.0 Å². The molecule has 0 bridgehead atoms. The monoisotopic (exact) mass is 298 g/mol. The smallest absolute Gasteiger partial charge is 0.211 e. The van der Waals surface area contributed by atoms with Gasteiger partial charge in [-0.05, 0) is 37.1 Å². The first kappa shape index (κ1) is 16.4. The number of aryl methyl sites for hydroxylation is 2. The second-order valence-electron chi connectivity index (χ2n) is 4.38. The minimum absolute atomic E-state index is 0.0491. The Labute approximate surface area is 119 Å². The first-order valence-electron chi connectivity index (χ1n) is 6.06. The molecule has 20 heavy (non-hydrogen) atoms. The van der Waals surface area contributed by atoms with Gasteiger partial charge in [-0.1, -0.05) is 0 Å². The van der Waals surface area contributed by atoms with E-state index in [1.807, 2.05) is 13.8 Å². The molecule has 7 heteroatoms. The van der Waals surface area contributed by atoms with Crippen LogP contribution in [0.2, 0.25) is 0 Å². The molecule has 0 saturated carbocycles. The summed E-state index contributed by atoms with van der Waals surface area (Å²) in [5, 5.41) is 13.7. The fraction of sp³-hybridized carbons (Fsp3) is 0.462. The molecule has 0 unspecified atom stereocenters. The first-order valence-corrected chi connectivity index (χ1v) is 7.77. The number of nitrogens with zero attached hydrogens (tertiary/aromatic N) is 1. The molecule has 0 spiro atoms. The van der Waals surface area contributed by atoms with Crippen LogP contribution in [0.1, 0.15) is 16.7 Å². The lowest BCUT2D eigenvalue weighted by Crippen LogP contribution is -2.21. The van der Waals surface area contributed by atoms with Crippen molar-refractivity contribution in [3.63, 3.8) is 0 Å². The van der Waals surface area contributed by atoms with Gasteiger partial charge in [0.15, 0.2) is 0 Å². The number of nitrogens with two attached hydrogens (primary N) is 1. The van der Waals surface area contributed by atoms with Gasteiger partial charge in [0.1, 0.15) is 12.4 Å². The van der Waals surface area contributed by atoms with E-state index in [2.05, 4.69) is 6.07 Å². The molecule has 0 aliphatic rings. The highest BCUT2D eigenvalue weighted by molar-refractivity contribution is 7.89. The predicted octanol–water partition coefficient (Wildman–Crippen LogP) is 0.859. The third-order valence-corrected chi connectivity index (χ3v) is 3.31. The Hall–Kier alpha value is -1.62. The number of sulfonamides is 1. The van der Waals surface area contributed by atoms with E-state index >= 15 is 0 Å². The number of hydrogen-bond acceptors (Lipinski definition) is 5. The van der Waals surface area contributed by atoms with Gasteiger partial charge in [-0.3, -0.25) is 0 Å². The Balaban J connectivity index is 2.42. The number of rotatable bonds is 7. The van der Waals surface area contributed by atoms with Crippen molar-refractivity contribution in [3.05, 3.63) is 28.8 Å². The largest absolute Gasteiger partial charge is 0.491 e. The van der Waals surface area contributed by atoms with E-state index in [9.17, 15) is 8.42 Å². The topological polar surface area (TPSA) is 102 Å². The summed E-state index contributed by atoms with van der Waals surface area (Å²) < 4.78 is 32.1. The van der Waals surface area contributed by atoms with Crippen LogP contribution in [-0.4, -0.2) is 34.0 Å². The zero-order chi connectivity index (χ0) is 15.2. The molecule has 0 heterocycles. The lowest BCUT2D eigenvalue weighted by molar-refractivity contribution is 0.111. The zero-order valence-electron chi connectivity index (χ0n) is 11.5. The van der Waals surface area contributed by atoms with Gasteiger partial charge < -0.3 is 9.47 Å². The number of hydrogen-bond donors (Lipinski definition) is 1. The summed E-state index contributed by atoms with van der Waals surface area (Å²) in [6.07, 6.45) is 0. The summed E-state index contributed by atoms with van der Waals surface area (Å²) in [6, 6.07) is 5.59. The molecule has 1 aromatic rings. The maximum absolute atomic E-state index is 10.7. The van der Waals surface area contributed by atoms with Crippen LogP contribution in [0.15, 0.2) is 12.1 Å². The van der Waals surface area contributed by atoms with Crippen LogP contribution in [0.5, 0.6) is 5.75 Å². The number of primary sulfonamides is 1. The quantitative estimate of drug-likeness (QED) is 0.752. The predicted molar refractivity (Wildman–Crippen MR) is 74.9 cm³/mol. The van der Waals surface area contributed by atoms with E-state index in [1.165, 1.54) is 0 Å². The normalized spacial score (nSPS) is 11.1. The molecule has 6 nitrogen and oxygen atoms in total. The molecule has 0 saturated heterocycles. The summed E-state index contributed by atoms with van der Waals surface area (Å²) in [5.74, 6) is 0.515. The van der Waals surface area contributed by atoms with Crippen molar-refractivity contribution in [1.29, 1.82) is 5.26 Å². The van der Waals surface area contributed by atoms with Crippen molar-refractivity contribution in [2.75, 3.05) is 25.6 Å². The molecule has 0 aliphatic heterocycles. The van der Waals surface area contributed by atoms with Crippen LogP contribution in [0, 0.1) is 25.2 Å². The van der Waals surface area contributed by atoms with Gasteiger partial charge in [-0.15, -0.1) is 0 Å². The van der Waals surface area contributed by atoms with Crippen molar-refractivity contribution in [2.45, 2.75) is 13.8 Å². The Bertz CT molecular complexity index is 582. The molecule has 0 fully saturated rings. The van der Waals surface area contributed by atoms with Crippen LogP contribution < -0.4 is 9.88 Å². The molecule has 0 amide bonds. The highest BCUT2D eigenvalue weighted by Gasteiger charge is 2.06. The van der Waals surface area contributed by atoms with Crippen LogP contribution >= 0.6 is 0 Å². The van der Waals surface area contributed by atoms with E-state index in [0.29, 0.717) is 12.2 Å². The molecule has 0 aromatic heterocycles. The second-order valence-corrected chi connectivity index (χ2v) is 6.11. The van der Waals surface area contributed by atoms with E-state index in [1.54, 1.807) is 12.1 Å². The Kier molecular flexibility index (Phi) is 5.95. The van der Waals surface area contributed by atoms with Gasteiger partial charge in [0.05, 0.1) is 30.6 Å². The average molecular weight is 298 g/mol. The van der Waals surface area contributed by atoms with Crippen molar-refractivity contribution in [3.8, 4) is 11.8 Å². The summed E-state index contributed by atoms with van der Waals surface area (Å²) in [7, 11) is -3.48. The van der Waals surface area contributed by atoms with E-state index in [-0.39, 0.29) is 19.0 Å². The first-order chi connectivity index (χ1) is 9.33. The van der Waals surface area contributed by atoms with Gasteiger partial charge in [0.25, 0.3) is 0 Å². The SMILES string of the molecule is Cc1cc(C#N)cc(C)c1OCCOCCS(N)(=O)=O. The zero-order valence-corrected chi connectivity index (χ0v) is 12.4. The van der Waals surface area contributed by atoms with Gasteiger partial charge in [-0.2, -0.15) is 5.26 Å². The highest BCUT2D eigenvalue weighted by atomic mass is 32.2. The number of ether oxygens (including phenoxy) is 2. The van der Waals surface area contributed by atoms with Gasteiger partial charge in [0.2, 0.25) is 10.0 Å². The Morgan fingerprint density at radius 2 is 1.80 bits per heavy atom. The lowest BCUT2D eigenvalue weighted by atomic mass is 10.1. The Morgan fingerprint density at radius 3 is 2.30 bits per heavy atom. The summed E-state index contributed by atoms with van der Waals surface area (Å²) in [5.41, 5.74) is 2.36. The third kappa shape index (κ3) is 5.57. The van der Waals surface area contributed by atoms with Crippen molar-refractivity contribution in [1.82, 2.24) is 0 Å². The molecule has 1 rings (SSSR count). The summed E-state index contributed by atoms with van der Waals surface area (Å²) in [6.45, 7) is 4.36. The average Bonchev–Trinajstić information content (AvgIpc) is 2.34. The van der Waals surface area contributed by atoms with E-state index in [4.69, 9.17) is 19.9 Å². The van der Waals surface area contributed by atoms with E-state index in [0.717, 1.165) is 16.9 Å². The van der Waals surface area contributed by atoms with Crippen molar-refractivity contribution >= 4 is 10.0 Å². The fourth-order valence-corrected chi connectivity index (χ4v) is 2.07. The maximum Gasteiger partial charge on any atom is 0.211 e. The molecular formula is C13H18N2O4S. The molecular weight excluding hydrogens is 280 g/mol. The molecule has 110 valence electrons. The molecule has 0 radical (unpaired) electrons. The van der Waals surface area contributed by atoms with Crippen LogP contribution in [0.4, 0.5) is 0 Å². The van der Waals surface area contributed by atoms with Crippen molar-refractivity contribution in [2.24, 2.45) is 5.14 Å². The maximum atomic E-state index is 10.7. The minimum atomic E-state index is -3.48. The fourth-order valence-electron chi connectivity index (χ4n) is 1.72. The van der Waals surface area contributed by atoms with Crippen molar-refractivity contribution < 1.29 is 17.9 Å². The molecule has 1 aromatic carbocycles. The summed E-state index contributed by atoms with van der Waals surface area (Å²) in [4.78, 5) is 0. The number of nitriles is 1. The minimum Gasteiger partial charge on any atom is -0.491 e. The standard InChI is InChI=1S/C13H18N2O4S/c1-10-7-12(9-14)8-11(2)13(10)19-4-3-18-5-6-20(15,16)17/h7-8H,3-6H2,1-2H3,(H2,15,16,17).